The van der Waals surface area contributed by atoms with Gasteiger partial charge in [-0.15, -0.1) is 13.2 Å². The summed E-state index contributed by atoms with van der Waals surface area (Å²) in [4.78, 5) is -0.496. The maximum Gasteiger partial charge on any atom is 0.525 e. The van der Waals surface area contributed by atoms with Crippen molar-refractivity contribution >= 4 is 10.1 Å². The van der Waals surface area contributed by atoms with Crippen molar-refractivity contribution in [3.63, 3.8) is 0 Å². The van der Waals surface area contributed by atoms with Gasteiger partial charge in [0.15, 0.2) is 0 Å². The van der Waals surface area contributed by atoms with Crippen LogP contribution in [-0.2, 0) is 19.0 Å². The largest absolute Gasteiger partial charge is 0.525 e. The van der Waals surface area contributed by atoms with Crippen LogP contribution in [0.5, 0.6) is 0 Å². The van der Waals surface area contributed by atoms with E-state index >= 15 is 0 Å². The van der Waals surface area contributed by atoms with Gasteiger partial charge in [0.05, 0.1) is 0 Å². The highest BCUT2D eigenvalue weighted by Gasteiger charge is 2.58. The Balaban J connectivity index is 3.07. The lowest BCUT2D eigenvalue weighted by Gasteiger charge is -2.35. The molecule has 0 saturated carbocycles. The van der Waals surface area contributed by atoms with Crippen LogP contribution in [0.1, 0.15) is 0 Å². The van der Waals surface area contributed by atoms with Crippen LogP contribution in [0.4, 0.5) is 39.5 Å². The van der Waals surface area contributed by atoms with E-state index in [0.717, 1.165) is 7.05 Å². The Kier molecular flexibility index (Phi) is 5.28. The average Bonchev–Trinajstić information content (AvgIpc) is 2.67. The maximum atomic E-state index is 13.6. The molecule has 142 valence electrons. The summed E-state index contributed by atoms with van der Waals surface area (Å²) in [5.74, 6) is 0. The summed E-state index contributed by atoms with van der Waals surface area (Å²) in [6, 6.07) is -5.22. The molecule has 2 unspecified atom stereocenters. The summed E-state index contributed by atoms with van der Waals surface area (Å²) in [5, 5.41) is 0. The molecule has 0 amide bonds. The van der Waals surface area contributed by atoms with Crippen LogP contribution in [0.2, 0.25) is 0 Å². The fourth-order valence-electron chi connectivity index (χ4n) is 1.35. The van der Waals surface area contributed by atoms with Gasteiger partial charge in [0, 0.05) is 19.4 Å². The van der Waals surface area contributed by atoms with Gasteiger partial charge in [0.25, 0.3) is 6.36 Å². The second-order valence-electron chi connectivity index (χ2n) is 4.16. The van der Waals surface area contributed by atoms with Crippen molar-refractivity contribution in [2.24, 2.45) is 0 Å². The van der Waals surface area contributed by atoms with E-state index in [-0.39, 0.29) is 6.20 Å². The smallest absolute Gasteiger partial charge is 0.336 e. The summed E-state index contributed by atoms with van der Waals surface area (Å²) in [6.45, 7) is 0. The molecule has 0 fully saturated rings. The van der Waals surface area contributed by atoms with Crippen LogP contribution >= 0.6 is 0 Å². The van der Waals surface area contributed by atoms with Crippen molar-refractivity contribution in [2.75, 3.05) is 7.05 Å². The minimum atomic E-state index is -6.41. The van der Waals surface area contributed by atoms with E-state index in [2.05, 4.69) is 8.92 Å². The van der Waals surface area contributed by atoms with Crippen molar-refractivity contribution in [3.05, 3.63) is 12.4 Å². The van der Waals surface area contributed by atoms with E-state index in [4.69, 9.17) is 0 Å². The number of rotatable bonds is 5. The van der Waals surface area contributed by atoms with E-state index in [1.807, 2.05) is 0 Å². The molecule has 1 aliphatic heterocycles. The molecule has 24 heavy (non-hydrogen) atoms. The second kappa shape index (κ2) is 6.14. The van der Waals surface area contributed by atoms with Gasteiger partial charge in [-0.1, -0.05) is 0 Å². The molecule has 2 atom stereocenters. The zero-order valence-corrected chi connectivity index (χ0v) is 12.0. The number of ether oxygens (including phenoxy) is 1. The van der Waals surface area contributed by atoms with Crippen LogP contribution in [0.25, 0.3) is 0 Å². The Morgan fingerprint density at radius 2 is 1.54 bits per heavy atom. The molecule has 0 N–H and O–H groups in total. The first kappa shape index (κ1) is 20.6. The molecule has 0 spiro atoms. The molecular formula is C8H7F9N2O4S. The molecule has 1 heterocycles. The van der Waals surface area contributed by atoms with Crippen molar-refractivity contribution in [2.45, 2.75) is 30.6 Å². The number of halogens is 9. The second-order valence-corrected chi connectivity index (χ2v) is 5.72. The van der Waals surface area contributed by atoms with Crippen molar-refractivity contribution in [1.29, 1.82) is 0 Å². The van der Waals surface area contributed by atoms with Crippen LogP contribution in [-0.4, -0.2) is 55.9 Å². The Hall–Kier alpha value is -1.42. The lowest BCUT2D eigenvalue weighted by atomic mass is 10.5. The molecule has 0 aromatic rings. The van der Waals surface area contributed by atoms with Gasteiger partial charge in [-0.05, 0) is 0 Å². The van der Waals surface area contributed by atoms with Crippen LogP contribution < -0.4 is 0 Å². The van der Waals surface area contributed by atoms with Gasteiger partial charge in [-0.2, -0.15) is 30.4 Å². The number of alkyl halides is 9. The van der Waals surface area contributed by atoms with E-state index in [1.54, 1.807) is 0 Å². The molecule has 0 aliphatic carbocycles. The van der Waals surface area contributed by atoms with E-state index in [0.29, 0.717) is 11.1 Å². The van der Waals surface area contributed by atoms with Crippen LogP contribution in [0.15, 0.2) is 12.4 Å². The minimum absolute atomic E-state index is 0.128. The summed E-state index contributed by atoms with van der Waals surface area (Å²) in [7, 11) is -5.66. The monoisotopic (exact) mass is 398 g/mol. The van der Waals surface area contributed by atoms with Gasteiger partial charge in [-0.25, -0.2) is 13.3 Å². The van der Waals surface area contributed by atoms with Crippen molar-refractivity contribution < 1.29 is 56.9 Å². The van der Waals surface area contributed by atoms with Crippen molar-refractivity contribution in [3.8, 4) is 0 Å². The van der Waals surface area contributed by atoms with Gasteiger partial charge >= 0.3 is 28.0 Å². The van der Waals surface area contributed by atoms with Gasteiger partial charge in [0.2, 0.25) is 6.35 Å². The first-order valence-corrected chi connectivity index (χ1v) is 6.84. The van der Waals surface area contributed by atoms with Crippen molar-refractivity contribution in [1.82, 2.24) is 9.80 Å². The molecule has 0 saturated heterocycles. The number of hydrogen-bond acceptors (Lipinski definition) is 6. The highest BCUT2D eigenvalue weighted by molar-refractivity contribution is 7.87. The third-order valence-electron chi connectivity index (χ3n) is 2.40. The number of nitrogens with zero attached hydrogens (tertiary/aromatic N) is 2. The molecule has 1 aliphatic rings. The zero-order valence-electron chi connectivity index (χ0n) is 11.1. The number of hydrogen-bond donors (Lipinski definition) is 0. The SMILES string of the molecule is CN1C=CN(C(F)(F)C(F)OC(F)(F)F)C1OS(=O)(=O)C(F)(F)F. The fraction of sp³-hybridized carbons (Fsp3) is 0.750. The predicted octanol–water partition coefficient (Wildman–Crippen LogP) is 2.28. The van der Waals surface area contributed by atoms with Crippen LogP contribution in [0.3, 0.4) is 0 Å². The Labute approximate surface area is 128 Å². The van der Waals surface area contributed by atoms with E-state index in [1.165, 1.54) is 0 Å². The molecule has 1 rings (SSSR count). The van der Waals surface area contributed by atoms with Gasteiger partial charge in [0.1, 0.15) is 0 Å². The van der Waals surface area contributed by atoms with E-state index < -0.39 is 45.6 Å². The maximum absolute atomic E-state index is 13.6. The standard InChI is InChI=1S/C8H7F9N2O4S/c1-18-2-3-19(5(18)23-24(20,21)8(15,16)17)6(10,11)4(9)22-7(12,13)14/h2-5H,1H3. The molecular weight excluding hydrogens is 391 g/mol. The molecule has 6 nitrogen and oxygen atoms in total. The highest BCUT2D eigenvalue weighted by Crippen LogP contribution is 2.38. The zero-order chi connectivity index (χ0) is 19.1. The first-order chi connectivity index (χ1) is 10.5. The summed E-state index contributed by atoms with van der Waals surface area (Å²) in [5.41, 5.74) is -6.00. The third kappa shape index (κ3) is 4.35. The molecule has 0 radical (unpaired) electrons. The lowest BCUT2D eigenvalue weighted by Crippen LogP contribution is -2.55. The molecule has 0 aromatic heterocycles. The average molecular weight is 398 g/mol. The molecule has 0 aromatic carbocycles. The van der Waals surface area contributed by atoms with E-state index in [9.17, 15) is 47.9 Å². The Bertz CT molecular complexity index is 587. The molecule has 16 heteroatoms. The quantitative estimate of drug-likeness (QED) is 0.307. The third-order valence-corrected chi connectivity index (χ3v) is 3.39. The normalized spacial score (nSPS) is 21.5. The molecule has 0 bridgehead atoms. The summed E-state index contributed by atoms with van der Waals surface area (Å²) in [6.07, 6.45) is -12.4. The van der Waals surface area contributed by atoms with Gasteiger partial charge < -0.3 is 4.90 Å². The highest BCUT2D eigenvalue weighted by atomic mass is 32.2. The summed E-state index contributed by atoms with van der Waals surface area (Å²) < 4.78 is 140. The Morgan fingerprint density at radius 3 is 1.96 bits per heavy atom. The summed E-state index contributed by atoms with van der Waals surface area (Å²) >= 11 is 0. The fourth-order valence-corrected chi connectivity index (χ4v) is 1.92. The Morgan fingerprint density at radius 1 is 1.04 bits per heavy atom. The van der Waals surface area contributed by atoms with Gasteiger partial charge in [-0.3, -0.25) is 4.90 Å². The minimum Gasteiger partial charge on any atom is -0.336 e. The predicted molar refractivity (Wildman–Crippen MR) is 55.6 cm³/mol. The lowest BCUT2D eigenvalue weighted by molar-refractivity contribution is -0.405. The first-order valence-electron chi connectivity index (χ1n) is 5.44. The topological polar surface area (TPSA) is 59.1 Å². The van der Waals surface area contributed by atoms with Crippen LogP contribution in [0, 0.1) is 0 Å².